The molecule has 0 aliphatic rings. The van der Waals surface area contributed by atoms with Gasteiger partial charge in [-0.2, -0.15) is 0 Å². The van der Waals surface area contributed by atoms with Crippen molar-refractivity contribution in [3.8, 4) is 0 Å². The van der Waals surface area contributed by atoms with Crippen LogP contribution in [0.3, 0.4) is 0 Å². The molecule has 0 atom stereocenters. The summed E-state index contributed by atoms with van der Waals surface area (Å²) in [7, 11) is 0. The van der Waals surface area contributed by atoms with Crippen LogP contribution in [-0.2, 0) is 4.79 Å². The molecule has 4 heavy (non-hydrogen) atoms. The highest BCUT2D eigenvalue weighted by molar-refractivity contribution is 5.48. The average molecular weight is 60.1 g/mol. The first-order valence-electron chi connectivity index (χ1n) is 1.35. The second-order valence-electron chi connectivity index (χ2n) is 0.575. The molecule has 0 rings (SSSR count). The normalized spacial score (nSPS) is 6.25. The van der Waals surface area contributed by atoms with Crippen LogP contribution in [0.25, 0.3) is 0 Å². The van der Waals surface area contributed by atoms with E-state index in [9.17, 15) is 4.79 Å². The second-order valence-corrected chi connectivity index (χ2v) is 0.575. The van der Waals surface area contributed by atoms with Crippen molar-refractivity contribution >= 4 is 6.29 Å². The van der Waals surface area contributed by atoms with E-state index in [4.69, 9.17) is 0 Å². The summed E-state index contributed by atoms with van der Waals surface area (Å²) in [6.07, 6.45) is 1.51. The summed E-state index contributed by atoms with van der Waals surface area (Å²) >= 11 is 0. The maximum absolute atomic E-state index is 9.17. The summed E-state index contributed by atoms with van der Waals surface area (Å²) in [5.41, 5.74) is 0. The standard InChI is InChI=1S/C3H6O.H2/c1-2-3-4;/h3H,2H2,1H3;1H. The third kappa shape index (κ3) is 1.67. The Morgan fingerprint density at radius 1 is 2.25 bits per heavy atom. The van der Waals surface area contributed by atoms with Gasteiger partial charge in [0.25, 0.3) is 0 Å². The summed E-state index contributed by atoms with van der Waals surface area (Å²) in [5, 5.41) is 0. The first-order chi connectivity index (χ1) is 1.91. The molecule has 0 saturated carbocycles. The first kappa shape index (κ1) is 3.67. The van der Waals surface area contributed by atoms with Crippen LogP contribution in [-0.4, -0.2) is 6.29 Å². The van der Waals surface area contributed by atoms with Gasteiger partial charge in [0.05, 0.1) is 0 Å². The zero-order valence-electron chi connectivity index (χ0n) is 2.69. The second kappa shape index (κ2) is 2.67. The van der Waals surface area contributed by atoms with Gasteiger partial charge in [-0.05, 0) is 0 Å². The van der Waals surface area contributed by atoms with E-state index >= 15 is 0 Å². The van der Waals surface area contributed by atoms with Crippen molar-refractivity contribution < 1.29 is 6.22 Å². The molecular weight excluding hydrogens is 52.0 g/mol. The van der Waals surface area contributed by atoms with Gasteiger partial charge < -0.3 is 4.79 Å². The van der Waals surface area contributed by atoms with Crippen LogP contribution < -0.4 is 0 Å². The van der Waals surface area contributed by atoms with Crippen molar-refractivity contribution in [2.75, 3.05) is 0 Å². The minimum Gasteiger partial charge on any atom is -0.303 e. The Hall–Kier alpha value is -0.330. The van der Waals surface area contributed by atoms with Crippen molar-refractivity contribution in [3.63, 3.8) is 0 Å². The molecular formula is C3H8O. The number of carbonyl (C=O) groups is 1. The van der Waals surface area contributed by atoms with E-state index < -0.39 is 0 Å². The monoisotopic (exact) mass is 60.1 g/mol. The molecule has 1 nitrogen and oxygen atoms in total. The van der Waals surface area contributed by atoms with Gasteiger partial charge in [0.15, 0.2) is 0 Å². The highest BCUT2D eigenvalue weighted by Gasteiger charge is 1.52. The highest BCUT2D eigenvalue weighted by Crippen LogP contribution is 1.53. The van der Waals surface area contributed by atoms with Crippen molar-refractivity contribution in [3.05, 3.63) is 0 Å². The number of carbonyl (C=O) groups excluding carboxylic acids is 1. The molecule has 0 spiro atoms. The lowest BCUT2D eigenvalue weighted by Gasteiger charge is -1.51. The van der Waals surface area contributed by atoms with Gasteiger partial charge in [-0.1, -0.05) is 6.92 Å². The van der Waals surface area contributed by atoms with Gasteiger partial charge in [-0.15, -0.1) is 0 Å². The lowest BCUT2D eigenvalue weighted by Crippen LogP contribution is -1.55. The lowest BCUT2D eigenvalue weighted by atomic mass is 10.6. The van der Waals surface area contributed by atoms with Gasteiger partial charge in [0.2, 0.25) is 0 Å². The highest BCUT2D eigenvalue weighted by atomic mass is 16.1. The van der Waals surface area contributed by atoms with Gasteiger partial charge in [0.1, 0.15) is 6.29 Å². The maximum atomic E-state index is 9.17. The predicted molar refractivity (Wildman–Crippen MR) is 18.5 cm³/mol. The third-order valence-corrected chi connectivity index (χ3v) is 0.167. The smallest absolute Gasteiger partial charge is 0.119 e. The molecule has 0 aliphatic heterocycles. The molecule has 0 N–H and O–H groups in total. The van der Waals surface area contributed by atoms with E-state index in [1.807, 2.05) is 6.92 Å². The molecule has 1 heteroatoms. The molecule has 0 radical (unpaired) electrons. The molecule has 0 fully saturated rings. The topological polar surface area (TPSA) is 17.1 Å². The molecule has 0 bridgehead atoms. The fourth-order valence-electron chi connectivity index (χ4n) is 0. The van der Waals surface area contributed by atoms with Gasteiger partial charge in [0, 0.05) is 7.85 Å². The molecule has 26 valence electrons. The predicted octanol–water partition coefficient (Wildman–Crippen LogP) is 0.841. The molecule has 0 aromatic rings. The van der Waals surface area contributed by atoms with Gasteiger partial charge >= 0.3 is 0 Å². The Morgan fingerprint density at radius 3 is 2.50 bits per heavy atom. The number of hydrogen-bond donors (Lipinski definition) is 0. The number of aldehydes is 1. The molecule has 0 aromatic carbocycles. The van der Waals surface area contributed by atoms with E-state index in [1.165, 1.54) is 0 Å². The van der Waals surface area contributed by atoms with E-state index in [1.54, 1.807) is 0 Å². The molecule has 0 aliphatic carbocycles. The van der Waals surface area contributed by atoms with Crippen LogP contribution in [0.1, 0.15) is 14.8 Å². The van der Waals surface area contributed by atoms with Crippen LogP contribution in [0.15, 0.2) is 0 Å². The summed E-state index contributed by atoms with van der Waals surface area (Å²) in [5.74, 6) is 0. The van der Waals surface area contributed by atoms with Crippen LogP contribution in [0.5, 0.6) is 0 Å². The fourth-order valence-corrected chi connectivity index (χ4v) is 0. The first-order valence-corrected chi connectivity index (χ1v) is 1.35. The van der Waals surface area contributed by atoms with Crippen molar-refractivity contribution in [1.82, 2.24) is 0 Å². The molecule has 0 amide bonds. The van der Waals surface area contributed by atoms with Crippen LogP contribution >= 0.6 is 0 Å². The van der Waals surface area contributed by atoms with Crippen LogP contribution in [0.2, 0.25) is 0 Å². The van der Waals surface area contributed by atoms with Gasteiger partial charge in [-0.25, -0.2) is 0 Å². The van der Waals surface area contributed by atoms with E-state index in [2.05, 4.69) is 0 Å². The third-order valence-electron chi connectivity index (χ3n) is 0.167. The van der Waals surface area contributed by atoms with Crippen LogP contribution in [0, 0.1) is 0 Å². The van der Waals surface area contributed by atoms with E-state index in [-0.39, 0.29) is 1.43 Å². The summed E-state index contributed by atoms with van der Waals surface area (Å²) < 4.78 is 0. The summed E-state index contributed by atoms with van der Waals surface area (Å²) in [6.45, 7) is 1.81. The quantitative estimate of drug-likeness (QED) is 0.410. The Morgan fingerprint density at radius 2 is 2.50 bits per heavy atom. The molecule has 0 saturated heterocycles. The minimum absolute atomic E-state index is 0. The Kier molecular flexibility index (Phi) is 2.45. The average Bonchev–Trinajstić information content (AvgIpc) is 1.37. The summed E-state index contributed by atoms with van der Waals surface area (Å²) in [6, 6.07) is 0. The van der Waals surface area contributed by atoms with Crippen LogP contribution in [0.4, 0.5) is 0 Å². The Balaban J connectivity index is 0. The maximum Gasteiger partial charge on any atom is 0.119 e. The van der Waals surface area contributed by atoms with Crippen molar-refractivity contribution in [1.29, 1.82) is 0 Å². The summed E-state index contributed by atoms with van der Waals surface area (Å²) in [4.78, 5) is 9.17. The lowest BCUT2D eigenvalue weighted by molar-refractivity contribution is -0.107. The fraction of sp³-hybridized carbons (Fsp3) is 0.667. The van der Waals surface area contributed by atoms with E-state index in [0.29, 0.717) is 6.42 Å². The minimum atomic E-state index is 0. The Labute approximate surface area is 27.1 Å². The zero-order valence-corrected chi connectivity index (χ0v) is 2.69. The van der Waals surface area contributed by atoms with Crippen molar-refractivity contribution in [2.24, 2.45) is 0 Å². The molecule has 0 unspecified atom stereocenters. The molecule has 0 aromatic heterocycles. The number of rotatable bonds is 1. The molecule has 0 heterocycles. The van der Waals surface area contributed by atoms with E-state index in [0.717, 1.165) is 6.29 Å². The number of hydrogen-bond acceptors (Lipinski definition) is 1. The SMILES string of the molecule is CCC=O.[HH]. The Bertz CT molecular complexity index is 20.9. The zero-order chi connectivity index (χ0) is 3.41. The van der Waals surface area contributed by atoms with Gasteiger partial charge in [-0.3, -0.25) is 0 Å². The largest absolute Gasteiger partial charge is 0.303 e. The van der Waals surface area contributed by atoms with Crippen molar-refractivity contribution in [2.45, 2.75) is 13.3 Å².